The lowest BCUT2D eigenvalue weighted by Gasteiger charge is -2.41. The third kappa shape index (κ3) is 8.73. The highest BCUT2D eigenvalue weighted by Crippen LogP contribution is 2.43. The summed E-state index contributed by atoms with van der Waals surface area (Å²) in [6, 6.07) is 24.3. The SMILES string of the molecule is C[C@@H]1[C@H](CSc2ncccc2C(=O)O)O[C@H](c2ccc(-c3ccccc3CNC(=O)[C@@H]3CCCN3C(=O)C(F)(F)F)cc2)O[C@@H]1c1ccc(CO)cc1. The van der Waals surface area contributed by atoms with Crippen LogP contribution in [-0.2, 0) is 32.2 Å². The Balaban J connectivity index is 1.19. The largest absolute Gasteiger partial charge is 0.478 e. The number of likely N-dealkylation sites (tertiary alicyclic amines) is 1. The van der Waals surface area contributed by atoms with Gasteiger partial charge in [0.15, 0.2) is 6.29 Å². The highest BCUT2D eigenvalue weighted by molar-refractivity contribution is 7.99. The molecule has 3 heterocycles. The van der Waals surface area contributed by atoms with Crippen LogP contribution in [0.4, 0.5) is 13.2 Å². The van der Waals surface area contributed by atoms with E-state index in [4.69, 9.17) is 9.47 Å². The van der Waals surface area contributed by atoms with Crippen molar-refractivity contribution in [2.24, 2.45) is 5.92 Å². The summed E-state index contributed by atoms with van der Waals surface area (Å²) in [5.41, 5.74) is 4.86. The van der Waals surface area contributed by atoms with Gasteiger partial charge < -0.3 is 29.9 Å². The Kier molecular flexibility index (Phi) is 11.8. The number of carboxylic acids is 1. The van der Waals surface area contributed by atoms with Crippen molar-refractivity contribution >= 4 is 29.5 Å². The van der Waals surface area contributed by atoms with Gasteiger partial charge in [-0.25, -0.2) is 9.78 Å². The van der Waals surface area contributed by atoms with Gasteiger partial charge in [0.25, 0.3) is 0 Å². The molecule has 14 heteroatoms. The lowest BCUT2D eigenvalue weighted by Crippen LogP contribution is -2.50. The Morgan fingerprint density at radius 1 is 0.962 bits per heavy atom. The Bertz CT molecular complexity index is 1930. The van der Waals surface area contributed by atoms with Crippen molar-refractivity contribution in [2.75, 3.05) is 12.3 Å². The van der Waals surface area contributed by atoms with Gasteiger partial charge in [0.2, 0.25) is 5.91 Å². The van der Waals surface area contributed by atoms with E-state index in [0.29, 0.717) is 22.1 Å². The molecule has 0 unspecified atom stereocenters. The van der Waals surface area contributed by atoms with Crippen LogP contribution in [0.15, 0.2) is 96.2 Å². The van der Waals surface area contributed by atoms with Gasteiger partial charge in [-0.05, 0) is 52.8 Å². The quantitative estimate of drug-likeness (QED) is 0.143. The number of hydrogen-bond donors (Lipinski definition) is 3. The molecular weight excluding hydrogens is 712 g/mol. The number of amides is 2. The zero-order valence-corrected chi connectivity index (χ0v) is 29.5. The number of aromatic carboxylic acids is 1. The first-order valence-corrected chi connectivity index (χ1v) is 18.1. The number of nitrogens with one attached hydrogen (secondary N) is 1. The van der Waals surface area contributed by atoms with E-state index in [1.807, 2.05) is 73.7 Å². The number of aliphatic hydroxyl groups excluding tert-OH is 1. The molecule has 2 aliphatic rings. The third-order valence-corrected chi connectivity index (χ3v) is 10.6. The molecule has 2 fully saturated rings. The maximum Gasteiger partial charge on any atom is 0.471 e. The lowest BCUT2D eigenvalue weighted by atomic mass is 9.91. The Morgan fingerprint density at radius 3 is 2.38 bits per heavy atom. The number of carbonyl (C=O) groups is 3. The maximum absolute atomic E-state index is 13.1. The highest BCUT2D eigenvalue weighted by atomic mass is 32.2. The number of aromatic nitrogens is 1. The molecule has 6 rings (SSSR count). The second kappa shape index (κ2) is 16.5. The number of hydrogen-bond acceptors (Lipinski definition) is 8. The molecule has 4 aromatic rings. The predicted octanol–water partition coefficient (Wildman–Crippen LogP) is 6.69. The van der Waals surface area contributed by atoms with Gasteiger partial charge in [-0.15, -0.1) is 11.8 Å². The van der Waals surface area contributed by atoms with Crippen LogP contribution in [0.3, 0.4) is 0 Å². The number of pyridine rings is 1. The minimum atomic E-state index is -5.05. The molecule has 0 radical (unpaired) electrons. The van der Waals surface area contributed by atoms with Gasteiger partial charge in [-0.2, -0.15) is 13.2 Å². The van der Waals surface area contributed by atoms with E-state index in [1.54, 1.807) is 18.3 Å². The number of aliphatic hydroxyl groups is 1. The second-order valence-corrected chi connectivity index (χ2v) is 14.0. The molecule has 1 aromatic heterocycles. The zero-order valence-electron chi connectivity index (χ0n) is 28.7. The van der Waals surface area contributed by atoms with Crippen molar-refractivity contribution in [3.63, 3.8) is 0 Å². The molecule has 0 bridgehead atoms. The van der Waals surface area contributed by atoms with Gasteiger partial charge >= 0.3 is 18.1 Å². The minimum absolute atomic E-state index is 0.0456. The van der Waals surface area contributed by atoms with E-state index in [1.165, 1.54) is 17.8 Å². The molecule has 0 saturated carbocycles. The summed E-state index contributed by atoms with van der Waals surface area (Å²) >= 11 is 1.30. The van der Waals surface area contributed by atoms with Gasteiger partial charge in [0.1, 0.15) is 11.1 Å². The standard InChI is InChI=1S/C39H38F3N3O7S/c1-23-32(22-53-35-30(36(48)49)8-4-18-43-35)51-37(52-33(23)26-12-10-24(21-46)11-13-26)27-16-14-25(15-17-27)29-7-3-2-6-28(29)20-44-34(47)31-9-5-19-45(31)38(50)39(40,41)42/h2-4,6-8,10-18,23,31-33,37,46H,5,9,19-22H2,1H3,(H,44,47)(H,48,49)/t23-,31+,32+,33+,37+/m1/s1. The molecule has 2 aliphatic heterocycles. The second-order valence-electron chi connectivity index (χ2n) is 12.9. The number of benzene rings is 3. The van der Waals surface area contributed by atoms with Crippen LogP contribution >= 0.6 is 11.8 Å². The number of thioether (sulfide) groups is 1. The van der Waals surface area contributed by atoms with Crippen LogP contribution in [0, 0.1) is 5.92 Å². The summed E-state index contributed by atoms with van der Waals surface area (Å²) in [6.07, 6.45) is -4.57. The average molecular weight is 750 g/mol. The predicted molar refractivity (Wildman–Crippen MR) is 189 cm³/mol. The lowest BCUT2D eigenvalue weighted by molar-refractivity contribution is -0.268. The molecule has 53 heavy (non-hydrogen) atoms. The van der Waals surface area contributed by atoms with Crippen LogP contribution in [0.25, 0.3) is 11.1 Å². The first-order valence-electron chi connectivity index (χ1n) is 17.1. The first-order chi connectivity index (χ1) is 25.4. The number of carbonyl (C=O) groups excluding carboxylic acids is 2. The summed E-state index contributed by atoms with van der Waals surface area (Å²) in [4.78, 5) is 41.5. The third-order valence-electron chi connectivity index (χ3n) is 9.53. The van der Waals surface area contributed by atoms with E-state index < -0.39 is 36.3 Å². The molecule has 5 atom stereocenters. The zero-order chi connectivity index (χ0) is 37.7. The fourth-order valence-electron chi connectivity index (χ4n) is 6.66. The van der Waals surface area contributed by atoms with Crippen molar-refractivity contribution < 1.29 is 47.2 Å². The van der Waals surface area contributed by atoms with E-state index in [9.17, 15) is 37.8 Å². The Morgan fingerprint density at radius 2 is 1.68 bits per heavy atom. The van der Waals surface area contributed by atoms with E-state index in [-0.39, 0.29) is 49.8 Å². The molecule has 2 saturated heterocycles. The summed E-state index contributed by atoms with van der Waals surface area (Å²) in [6.45, 7) is 1.84. The molecule has 0 spiro atoms. The van der Waals surface area contributed by atoms with Crippen LogP contribution in [0.2, 0.25) is 0 Å². The molecule has 3 aromatic carbocycles. The minimum Gasteiger partial charge on any atom is -0.478 e. The number of ether oxygens (including phenoxy) is 2. The number of nitrogens with zero attached hydrogens (tertiary/aromatic N) is 2. The number of alkyl halides is 3. The van der Waals surface area contributed by atoms with E-state index in [2.05, 4.69) is 10.3 Å². The summed E-state index contributed by atoms with van der Waals surface area (Å²) < 4.78 is 52.4. The molecule has 278 valence electrons. The Hall–Kier alpha value is -4.76. The Labute approximate surface area is 308 Å². The normalized spacial score (nSPS) is 21.7. The van der Waals surface area contributed by atoms with Gasteiger partial charge in [0, 0.05) is 36.5 Å². The topological polar surface area (TPSA) is 138 Å². The average Bonchev–Trinajstić information content (AvgIpc) is 3.66. The molecule has 10 nitrogen and oxygen atoms in total. The monoisotopic (exact) mass is 749 g/mol. The molecule has 0 aliphatic carbocycles. The highest BCUT2D eigenvalue weighted by Gasteiger charge is 2.47. The molecule has 2 amide bonds. The molecule has 3 N–H and O–H groups in total. The van der Waals surface area contributed by atoms with Crippen molar-refractivity contribution in [1.29, 1.82) is 0 Å². The van der Waals surface area contributed by atoms with Gasteiger partial charge in [0.05, 0.1) is 24.4 Å². The van der Waals surface area contributed by atoms with Crippen LogP contribution in [0.5, 0.6) is 0 Å². The summed E-state index contributed by atoms with van der Waals surface area (Å²) in [5.74, 6) is -3.44. The van der Waals surface area contributed by atoms with Crippen LogP contribution in [0.1, 0.15) is 64.8 Å². The number of rotatable bonds is 11. The summed E-state index contributed by atoms with van der Waals surface area (Å²) in [7, 11) is 0. The first kappa shape index (κ1) is 38.0. The van der Waals surface area contributed by atoms with E-state index >= 15 is 0 Å². The van der Waals surface area contributed by atoms with Gasteiger partial charge in [-0.1, -0.05) is 79.7 Å². The van der Waals surface area contributed by atoms with Crippen molar-refractivity contribution in [2.45, 2.75) is 68.7 Å². The molecular formula is C39H38F3N3O7S. The van der Waals surface area contributed by atoms with Crippen LogP contribution in [-0.4, -0.2) is 68.5 Å². The fourth-order valence-corrected chi connectivity index (χ4v) is 7.81. The number of carboxylic acid groups (broad SMARTS) is 1. The van der Waals surface area contributed by atoms with Crippen LogP contribution < -0.4 is 5.32 Å². The summed E-state index contributed by atoms with van der Waals surface area (Å²) in [5, 5.41) is 22.3. The van der Waals surface area contributed by atoms with Gasteiger partial charge in [-0.3, -0.25) is 9.59 Å². The number of halogens is 3. The maximum atomic E-state index is 13.1. The van der Waals surface area contributed by atoms with E-state index in [0.717, 1.165) is 33.4 Å². The smallest absolute Gasteiger partial charge is 0.471 e. The van der Waals surface area contributed by atoms with Crippen molar-refractivity contribution in [3.8, 4) is 11.1 Å². The fraction of sp³-hybridized carbons (Fsp3) is 0.333. The van der Waals surface area contributed by atoms with Crippen molar-refractivity contribution in [3.05, 3.63) is 119 Å². The van der Waals surface area contributed by atoms with Crippen molar-refractivity contribution in [1.82, 2.24) is 15.2 Å².